The summed E-state index contributed by atoms with van der Waals surface area (Å²) in [6.45, 7) is 5.98. The molecule has 1 heterocycles. The highest BCUT2D eigenvalue weighted by molar-refractivity contribution is 5.82. The first-order valence-electron chi connectivity index (χ1n) is 7.41. The summed E-state index contributed by atoms with van der Waals surface area (Å²) >= 11 is 0. The Hall–Kier alpha value is -1.85. The van der Waals surface area contributed by atoms with Gasteiger partial charge in [-0.15, -0.1) is 0 Å². The number of nitrogens with zero attached hydrogens (tertiary/aromatic N) is 2. The van der Waals surface area contributed by atoms with Gasteiger partial charge in [-0.2, -0.15) is 0 Å². The van der Waals surface area contributed by atoms with Crippen molar-refractivity contribution in [2.24, 2.45) is 5.92 Å². The van der Waals surface area contributed by atoms with Gasteiger partial charge in [0.25, 0.3) is 0 Å². The number of carboxylic acids is 1. The molecule has 0 amide bonds. The highest BCUT2D eigenvalue weighted by Crippen LogP contribution is 2.34. The molecule has 1 aliphatic rings. The Bertz CT molecular complexity index is 497. The normalized spacial score (nSPS) is 25.6. The minimum Gasteiger partial charge on any atom is -0.480 e. The van der Waals surface area contributed by atoms with Gasteiger partial charge in [0.2, 0.25) is 5.88 Å². The molecule has 0 spiro atoms. The summed E-state index contributed by atoms with van der Waals surface area (Å²) in [6, 6.07) is 1.66. The lowest BCUT2D eigenvalue weighted by Crippen LogP contribution is -2.49. The molecule has 2 rings (SSSR count). The smallest absolute Gasteiger partial charge is 0.329 e. The molecule has 1 aromatic heterocycles. The number of carbonyl (C=O) groups is 1. The SMILES string of the molecule is CC1CCC(Nc2cc(OC(C)C)ncn2)(C(=O)O)CC1. The fraction of sp³-hybridized carbons (Fsp3) is 0.667. The fourth-order valence-electron chi connectivity index (χ4n) is 2.61. The predicted molar refractivity (Wildman–Crippen MR) is 79.4 cm³/mol. The molecule has 2 N–H and O–H groups in total. The average Bonchev–Trinajstić information content (AvgIpc) is 2.41. The van der Waals surface area contributed by atoms with Crippen LogP contribution in [-0.2, 0) is 4.79 Å². The first-order valence-corrected chi connectivity index (χ1v) is 7.41. The lowest BCUT2D eigenvalue weighted by molar-refractivity contribution is -0.143. The van der Waals surface area contributed by atoms with E-state index < -0.39 is 11.5 Å². The van der Waals surface area contributed by atoms with Crippen LogP contribution < -0.4 is 10.1 Å². The third-order valence-electron chi connectivity index (χ3n) is 3.90. The highest BCUT2D eigenvalue weighted by Gasteiger charge is 2.41. The van der Waals surface area contributed by atoms with Crippen LogP contribution >= 0.6 is 0 Å². The Labute approximate surface area is 124 Å². The first kappa shape index (κ1) is 15.5. The predicted octanol–water partition coefficient (Wildman–Crippen LogP) is 2.71. The molecule has 6 nitrogen and oxygen atoms in total. The summed E-state index contributed by atoms with van der Waals surface area (Å²) in [4.78, 5) is 19.9. The maximum Gasteiger partial charge on any atom is 0.329 e. The van der Waals surface area contributed by atoms with Crippen molar-refractivity contribution in [3.8, 4) is 5.88 Å². The molecule has 1 fully saturated rings. The molecule has 0 saturated heterocycles. The minimum atomic E-state index is -0.935. The molecular formula is C15H23N3O3. The molecule has 1 saturated carbocycles. The van der Waals surface area contributed by atoms with Crippen LogP contribution in [0.4, 0.5) is 5.82 Å². The number of carboxylic acid groups (broad SMARTS) is 1. The zero-order valence-electron chi connectivity index (χ0n) is 12.8. The molecule has 6 heteroatoms. The molecule has 0 radical (unpaired) electrons. The van der Waals surface area contributed by atoms with Crippen molar-refractivity contribution in [2.75, 3.05) is 5.32 Å². The molecule has 21 heavy (non-hydrogen) atoms. The molecule has 116 valence electrons. The Morgan fingerprint density at radius 2 is 2.10 bits per heavy atom. The van der Waals surface area contributed by atoms with Crippen molar-refractivity contribution < 1.29 is 14.6 Å². The monoisotopic (exact) mass is 293 g/mol. The van der Waals surface area contributed by atoms with Gasteiger partial charge in [-0.1, -0.05) is 6.92 Å². The van der Waals surface area contributed by atoms with Crippen LogP contribution in [-0.4, -0.2) is 32.7 Å². The van der Waals surface area contributed by atoms with Gasteiger partial charge in [-0.3, -0.25) is 0 Å². The van der Waals surface area contributed by atoms with E-state index in [0.717, 1.165) is 12.8 Å². The Kier molecular flexibility index (Phi) is 4.65. The Morgan fingerprint density at radius 3 is 2.67 bits per heavy atom. The van der Waals surface area contributed by atoms with Gasteiger partial charge in [0.15, 0.2) is 0 Å². The van der Waals surface area contributed by atoms with E-state index in [1.54, 1.807) is 6.07 Å². The average molecular weight is 293 g/mol. The van der Waals surface area contributed by atoms with Crippen LogP contribution in [0.5, 0.6) is 5.88 Å². The highest BCUT2D eigenvalue weighted by atomic mass is 16.5. The van der Waals surface area contributed by atoms with Crippen LogP contribution in [0.3, 0.4) is 0 Å². The molecule has 0 bridgehead atoms. The van der Waals surface area contributed by atoms with Gasteiger partial charge in [0.05, 0.1) is 6.10 Å². The second-order valence-electron chi connectivity index (χ2n) is 6.10. The zero-order valence-corrected chi connectivity index (χ0v) is 12.8. The summed E-state index contributed by atoms with van der Waals surface area (Å²) in [5.74, 6) is 0.702. The standard InChI is InChI=1S/C15H23N3O3/c1-10(2)21-13-8-12(16-9-17-13)18-15(14(19)20)6-4-11(3)5-7-15/h8-11H,4-7H2,1-3H3,(H,19,20)(H,16,17,18). The van der Waals surface area contributed by atoms with Crippen LogP contribution in [0.1, 0.15) is 46.5 Å². The lowest BCUT2D eigenvalue weighted by Gasteiger charge is -2.36. The van der Waals surface area contributed by atoms with Gasteiger partial charge in [-0.05, 0) is 45.4 Å². The number of hydrogen-bond acceptors (Lipinski definition) is 5. The van der Waals surface area contributed by atoms with Crippen molar-refractivity contribution in [3.05, 3.63) is 12.4 Å². The number of aliphatic carboxylic acids is 1. The van der Waals surface area contributed by atoms with Crippen LogP contribution in [0.15, 0.2) is 12.4 Å². The summed E-state index contributed by atoms with van der Waals surface area (Å²) in [5.41, 5.74) is -0.935. The molecule has 1 aliphatic carbocycles. The van der Waals surface area contributed by atoms with Crippen molar-refractivity contribution in [1.29, 1.82) is 0 Å². The van der Waals surface area contributed by atoms with Gasteiger partial charge in [0, 0.05) is 6.07 Å². The van der Waals surface area contributed by atoms with E-state index in [2.05, 4.69) is 22.2 Å². The second-order valence-corrected chi connectivity index (χ2v) is 6.10. The number of ether oxygens (including phenoxy) is 1. The molecule has 0 aromatic carbocycles. The largest absolute Gasteiger partial charge is 0.480 e. The summed E-state index contributed by atoms with van der Waals surface area (Å²) in [5, 5.41) is 12.7. The molecule has 0 unspecified atom stereocenters. The van der Waals surface area contributed by atoms with Crippen molar-refractivity contribution in [1.82, 2.24) is 9.97 Å². The van der Waals surface area contributed by atoms with Gasteiger partial charge in [0.1, 0.15) is 17.7 Å². The van der Waals surface area contributed by atoms with Gasteiger partial charge >= 0.3 is 5.97 Å². The lowest BCUT2D eigenvalue weighted by atomic mass is 9.77. The van der Waals surface area contributed by atoms with E-state index in [-0.39, 0.29) is 6.10 Å². The summed E-state index contributed by atoms with van der Waals surface area (Å²) in [6.07, 6.45) is 4.42. The number of aromatic nitrogens is 2. The van der Waals surface area contributed by atoms with Gasteiger partial charge < -0.3 is 15.2 Å². The molecular weight excluding hydrogens is 270 g/mol. The third kappa shape index (κ3) is 3.83. The fourth-order valence-corrected chi connectivity index (χ4v) is 2.61. The van der Waals surface area contributed by atoms with E-state index >= 15 is 0 Å². The number of hydrogen-bond donors (Lipinski definition) is 2. The van der Waals surface area contributed by atoms with Crippen molar-refractivity contribution >= 4 is 11.8 Å². The summed E-state index contributed by atoms with van der Waals surface area (Å²) < 4.78 is 5.52. The maximum absolute atomic E-state index is 11.7. The zero-order chi connectivity index (χ0) is 15.5. The quantitative estimate of drug-likeness (QED) is 0.868. The molecule has 1 aromatic rings. The summed E-state index contributed by atoms with van der Waals surface area (Å²) in [7, 11) is 0. The first-order chi connectivity index (χ1) is 9.91. The van der Waals surface area contributed by atoms with Crippen molar-refractivity contribution in [2.45, 2.75) is 58.1 Å². The molecule has 0 aliphatic heterocycles. The van der Waals surface area contributed by atoms with E-state index in [4.69, 9.17) is 4.74 Å². The number of rotatable bonds is 5. The molecule has 0 atom stereocenters. The van der Waals surface area contributed by atoms with E-state index in [9.17, 15) is 9.90 Å². The van der Waals surface area contributed by atoms with E-state index in [1.807, 2.05) is 13.8 Å². The minimum absolute atomic E-state index is 0.0108. The van der Waals surface area contributed by atoms with Crippen LogP contribution in [0.25, 0.3) is 0 Å². The topological polar surface area (TPSA) is 84.3 Å². The van der Waals surface area contributed by atoms with E-state index in [0.29, 0.717) is 30.5 Å². The van der Waals surface area contributed by atoms with Crippen LogP contribution in [0.2, 0.25) is 0 Å². The number of anilines is 1. The maximum atomic E-state index is 11.7. The Morgan fingerprint density at radius 1 is 1.43 bits per heavy atom. The van der Waals surface area contributed by atoms with Gasteiger partial charge in [-0.25, -0.2) is 14.8 Å². The second kappa shape index (κ2) is 6.28. The van der Waals surface area contributed by atoms with Crippen LogP contribution in [0, 0.1) is 5.92 Å². The third-order valence-corrected chi connectivity index (χ3v) is 3.90. The Balaban J connectivity index is 2.16. The number of nitrogens with one attached hydrogen (secondary N) is 1. The van der Waals surface area contributed by atoms with Crippen molar-refractivity contribution in [3.63, 3.8) is 0 Å². The van der Waals surface area contributed by atoms with E-state index in [1.165, 1.54) is 6.33 Å².